The molecule has 14 aromatic rings. The number of aromatic nitrogens is 2. The standard InChI is InChI=1S/C73H50N2/c1-4-21-51(22-5-1)52-23-16-24-53(45-52)54-25-17-26-55(46-54)56-27-18-28-57(47-56)58-29-19-34-61(48-58)73(59-30-6-2-7-31-59,60-32-8-3-9-33-60)62-35-20-36-63(49-62)74-71-42-15-12-39-67(71)68-50-64(43-44-72(68)74)75-69-40-13-10-37-65(69)66-38-11-14-41-70(66)75/h1-50H. The monoisotopic (exact) mass is 954 g/mol. The number of hydrogen-bond acceptors (Lipinski definition) is 0. The molecule has 12 aromatic carbocycles. The van der Waals surface area contributed by atoms with Crippen LogP contribution in [-0.2, 0) is 5.41 Å². The summed E-state index contributed by atoms with van der Waals surface area (Å²) < 4.78 is 4.88. The maximum absolute atomic E-state index is 2.46. The van der Waals surface area contributed by atoms with Crippen LogP contribution in [0.5, 0.6) is 0 Å². The van der Waals surface area contributed by atoms with Crippen LogP contribution in [0.1, 0.15) is 22.3 Å². The van der Waals surface area contributed by atoms with Gasteiger partial charge < -0.3 is 9.13 Å². The maximum atomic E-state index is 2.46. The molecule has 0 bridgehead atoms. The molecule has 2 nitrogen and oxygen atoms in total. The van der Waals surface area contributed by atoms with E-state index in [0.29, 0.717) is 0 Å². The lowest BCUT2D eigenvalue weighted by molar-refractivity contribution is 0.744. The van der Waals surface area contributed by atoms with Gasteiger partial charge in [0.2, 0.25) is 0 Å². The van der Waals surface area contributed by atoms with Crippen LogP contribution >= 0.6 is 0 Å². The average Bonchev–Trinajstić information content (AvgIpc) is 4.04. The van der Waals surface area contributed by atoms with Gasteiger partial charge in [0.15, 0.2) is 0 Å². The number of benzene rings is 12. The molecule has 75 heavy (non-hydrogen) atoms. The zero-order valence-electron chi connectivity index (χ0n) is 41.3. The summed E-state index contributed by atoms with van der Waals surface area (Å²) in [7, 11) is 0. The Balaban J connectivity index is 0.904. The Hall–Kier alpha value is -9.76. The van der Waals surface area contributed by atoms with Crippen molar-refractivity contribution in [3.63, 3.8) is 0 Å². The van der Waals surface area contributed by atoms with Crippen LogP contribution in [0.15, 0.2) is 303 Å². The molecule has 0 aliphatic rings. The molecule has 0 spiro atoms. The van der Waals surface area contributed by atoms with E-state index in [1.54, 1.807) is 0 Å². The van der Waals surface area contributed by atoms with E-state index in [1.165, 1.54) is 99.3 Å². The van der Waals surface area contributed by atoms with Gasteiger partial charge in [-0.1, -0.05) is 231 Å². The summed E-state index contributed by atoms with van der Waals surface area (Å²) in [5.41, 5.74) is 20.6. The largest absolute Gasteiger partial charge is 0.309 e. The first-order valence-electron chi connectivity index (χ1n) is 25.9. The van der Waals surface area contributed by atoms with Crippen molar-refractivity contribution < 1.29 is 0 Å². The van der Waals surface area contributed by atoms with E-state index < -0.39 is 5.41 Å². The van der Waals surface area contributed by atoms with E-state index in [4.69, 9.17) is 0 Å². The molecular formula is C73H50N2. The SMILES string of the molecule is c1ccc(-c2cccc(-c3cccc(-c4cccc(-c5cccc(C(c6ccccc6)(c6ccccc6)c6cccc(-n7c8ccccc8c8cc(-n9c%10ccccc%10c%10ccccc%109)ccc87)c6)c5)c4)c3)c2)cc1. The summed E-state index contributed by atoms with van der Waals surface area (Å²) in [6.45, 7) is 0. The Bertz CT molecular complexity index is 4310. The fraction of sp³-hybridized carbons (Fsp3) is 0.0137. The first-order chi connectivity index (χ1) is 37.2. The molecule has 0 atom stereocenters. The molecule has 2 aromatic heterocycles. The lowest BCUT2D eigenvalue weighted by Crippen LogP contribution is -2.31. The third-order valence-corrected chi connectivity index (χ3v) is 15.4. The van der Waals surface area contributed by atoms with Gasteiger partial charge in [-0.2, -0.15) is 0 Å². The molecule has 2 heterocycles. The molecule has 14 rings (SSSR count). The van der Waals surface area contributed by atoms with E-state index >= 15 is 0 Å². The van der Waals surface area contributed by atoms with Crippen molar-refractivity contribution in [2.24, 2.45) is 0 Å². The molecule has 0 aliphatic carbocycles. The van der Waals surface area contributed by atoms with Crippen LogP contribution in [0.2, 0.25) is 0 Å². The number of hydrogen-bond donors (Lipinski definition) is 0. The van der Waals surface area contributed by atoms with Crippen molar-refractivity contribution >= 4 is 43.6 Å². The van der Waals surface area contributed by atoms with Crippen molar-refractivity contribution in [1.29, 1.82) is 0 Å². The fourth-order valence-corrected chi connectivity index (χ4v) is 12.0. The highest BCUT2D eigenvalue weighted by molar-refractivity contribution is 6.12. The van der Waals surface area contributed by atoms with E-state index in [2.05, 4.69) is 312 Å². The third kappa shape index (κ3) is 7.49. The Morgan fingerprint density at radius 1 is 0.187 bits per heavy atom. The Morgan fingerprint density at radius 2 is 0.507 bits per heavy atom. The van der Waals surface area contributed by atoms with Gasteiger partial charge in [0.25, 0.3) is 0 Å². The second-order valence-corrected chi connectivity index (χ2v) is 19.6. The summed E-state index contributed by atoms with van der Waals surface area (Å²) >= 11 is 0. The van der Waals surface area contributed by atoms with Crippen molar-refractivity contribution in [3.8, 4) is 55.9 Å². The molecule has 0 fully saturated rings. The molecule has 0 saturated carbocycles. The van der Waals surface area contributed by atoms with Crippen LogP contribution in [-0.4, -0.2) is 9.13 Å². The van der Waals surface area contributed by atoms with Crippen molar-refractivity contribution in [1.82, 2.24) is 9.13 Å². The first kappa shape index (κ1) is 44.0. The number of para-hydroxylation sites is 3. The summed E-state index contributed by atoms with van der Waals surface area (Å²) in [5.74, 6) is 0. The Kier molecular flexibility index (Phi) is 10.8. The topological polar surface area (TPSA) is 9.86 Å². The maximum Gasteiger partial charge on any atom is 0.0702 e. The smallest absolute Gasteiger partial charge is 0.0702 e. The number of nitrogens with zero attached hydrogens (tertiary/aromatic N) is 2. The van der Waals surface area contributed by atoms with Crippen molar-refractivity contribution in [2.45, 2.75) is 5.41 Å². The predicted molar refractivity (Wildman–Crippen MR) is 315 cm³/mol. The van der Waals surface area contributed by atoms with Gasteiger partial charge >= 0.3 is 0 Å². The minimum absolute atomic E-state index is 0.683. The van der Waals surface area contributed by atoms with Gasteiger partial charge in [-0.05, 0) is 140 Å². The van der Waals surface area contributed by atoms with Crippen molar-refractivity contribution in [3.05, 3.63) is 326 Å². The zero-order chi connectivity index (χ0) is 49.7. The van der Waals surface area contributed by atoms with Crippen LogP contribution in [0.25, 0.3) is 99.5 Å². The van der Waals surface area contributed by atoms with E-state index in [1.807, 2.05) is 0 Å². The molecule has 0 amide bonds. The third-order valence-electron chi connectivity index (χ3n) is 15.4. The van der Waals surface area contributed by atoms with Crippen LogP contribution in [0.3, 0.4) is 0 Å². The van der Waals surface area contributed by atoms with Gasteiger partial charge in [-0.15, -0.1) is 0 Å². The Morgan fingerprint density at radius 3 is 1.00 bits per heavy atom. The van der Waals surface area contributed by atoms with Gasteiger partial charge in [0.05, 0.1) is 27.5 Å². The molecule has 0 unspecified atom stereocenters. The molecule has 0 N–H and O–H groups in total. The first-order valence-corrected chi connectivity index (χ1v) is 25.9. The molecular weight excluding hydrogens is 905 g/mol. The summed E-state index contributed by atoms with van der Waals surface area (Å²) in [6, 6.07) is 111. The fourth-order valence-electron chi connectivity index (χ4n) is 12.0. The van der Waals surface area contributed by atoms with E-state index in [-0.39, 0.29) is 0 Å². The number of fused-ring (bicyclic) bond motifs is 6. The zero-order valence-corrected chi connectivity index (χ0v) is 41.3. The summed E-state index contributed by atoms with van der Waals surface area (Å²) in [4.78, 5) is 0. The second kappa shape index (κ2) is 18.4. The summed E-state index contributed by atoms with van der Waals surface area (Å²) in [5, 5.41) is 4.95. The van der Waals surface area contributed by atoms with E-state index in [0.717, 1.165) is 22.5 Å². The Labute approximate surface area is 437 Å². The molecule has 0 saturated heterocycles. The highest BCUT2D eigenvalue weighted by Gasteiger charge is 2.39. The lowest BCUT2D eigenvalue weighted by Gasteiger charge is -2.37. The van der Waals surface area contributed by atoms with Crippen LogP contribution in [0.4, 0.5) is 0 Å². The van der Waals surface area contributed by atoms with E-state index in [9.17, 15) is 0 Å². The minimum Gasteiger partial charge on any atom is -0.309 e. The lowest BCUT2D eigenvalue weighted by atomic mass is 9.65. The normalized spacial score (nSPS) is 11.7. The van der Waals surface area contributed by atoms with Crippen LogP contribution in [0, 0.1) is 0 Å². The average molecular weight is 955 g/mol. The van der Waals surface area contributed by atoms with Crippen molar-refractivity contribution in [2.75, 3.05) is 0 Å². The highest BCUT2D eigenvalue weighted by Crippen LogP contribution is 2.47. The number of rotatable bonds is 10. The molecule has 2 heteroatoms. The van der Waals surface area contributed by atoms with Crippen LogP contribution < -0.4 is 0 Å². The molecule has 0 radical (unpaired) electrons. The van der Waals surface area contributed by atoms with Gasteiger partial charge in [-0.25, -0.2) is 0 Å². The quantitative estimate of drug-likeness (QED) is 0.121. The predicted octanol–water partition coefficient (Wildman–Crippen LogP) is 18.9. The molecule has 352 valence electrons. The second-order valence-electron chi connectivity index (χ2n) is 19.6. The van der Waals surface area contributed by atoms with Gasteiger partial charge in [0, 0.05) is 32.9 Å². The minimum atomic E-state index is -0.683. The molecule has 0 aliphatic heterocycles. The van der Waals surface area contributed by atoms with Gasteiger partial charge in [-0.3, -0.25) is 0 Å². The summed E-state index contributed by atoms with van der Waals surface area (Å²) in [6.07, 6.45) is 0. The van der Waals surface area contributed by atoms with Gasteiger partial charge in [0.1, 0.15) is 0 Å². The highest BCUT2D eigenvalue weighted by atomic mass is 15.0.